The molecular formula is C12H15FN2S. The van der Waals surface area contributed by atoms with Gasteiger partial charge < -0.3 is 5.32 Å². The van der Waals surface area contributed by atoms with Gasteiger partial charge in [-0.2, -0.15) is 17.0 Å². The van der Waals surface area contributed by atoms with Crippen LogP contribution in [0.4, 0.5) is 10.1 Å². The lowest BCUT2D eigenvalue weighted by atomic mass is 10.2. The number of nitrogens with one attached hydrogen (secondary N) is 1. The van der Waals surface area contributed by atoms with Gasteiger partial charge >= 0.3 is 0 Å². The van der Waals surface area contributed by atoms with Gasteiger partial charge in [0.1, 0.15) is 5.82 Å². The summed E-state index contributed by atoms with van der Waals surface area (Å²) in [5, 5.41) is 11.7. The van der Waals surface area contributed by atoms with E-state index >= 15 is 0 Å². The number of thioether (sulfide) groups is 1. The minimum Gasteiger partial charge on any atom is -0.382 e. The average Bonchev–Trinajstić information content (AvgIpc) is 2.27. The van der Waals surface area contributed by atoms with Crippen molar-refractivity contribution in [3.63, 3.8) is 0 Å². The van der Waals surface area contributed by atoms with Crippen LogP contribution in [0.15, 0.2) is 18.2 Å². The molecule has 1 aromatic rings. The van der Waals surface area contributed by atoms with Crippen LogP contribution >= 0.6 is 11.8 Å². The highest BCUT2D eigenvalue weighted by atomic mass is 32.2. The predicted molar refractivity (Wildman–Crippen MR) is 67.2 cm³/mol. The maximum absolute atomic E-state index is 13.5. The van der Waals surface area contributed by atoms with Crippen molar-refractivity contribution in [3.8, 4) is 6.07 Å². The highest BCUT2D eigenvalue weighted by molar-refractivity contribution is 7.98. The number of rotatable bonds is 5. The monoisotopic (exact) mass is 238 g/mol. The van der Waals surface area contributed by atoms with Crippen LogP contribution in [0.1, 0.15) is 12.5 Å². The quantitative estimate of drug-likeness (QED) is 0.856. The van der Waals surface area contributed by atoms with E-state index in [1.807, 2.05) is 6.07 Å². The van der Waals surface area contributed by atoms with Gasteiger partial charge in [-0.1, -0.05) is 6.92 Å². The molecule has 0 saturated carbocycles. The minimum atomic E-state index is -0.365. The average molecular weight is 238 g/mol. The van der Waals surface area contributed by atoms with Crippen LogP contribution in [0.2, 0.25) is 0 Å². The maximum Gasteiger partial charge on any atom is 0.147 e. The fourth-order valence-electron chi connectivity index (χ4n) is 1.36. The summed E-state index contributed by atoms with van der Waals surface area (Å²) >= 11 is 1.78. The van der Waals surface area contributed by atoms with Gasteiger partial charge in [0.25, 0.3) is 0 Å². The summed E-state index contributed by atoms with van der Waals surface area (Å²) in [6.45, 7) is 2.86. The van der Waals surface area contributed by atoms with Crippen molar-refractivity contribution in [1.82, 2.24) is 0 Å². The fourth-order valence-corrected chi connectivity index (χ4v) is 2.04. The summed E-state index contributed by atoms with van der Waals surface area (Å²) in [7, 11) is 0. The van der Waals surface area contributed by atoms with Crippen molar-refractivity contribution in [1.29, 1.82) is 5.26 Å². The Morgan fingerprint density at radius 2 is 2.31 bits per heavy atom. The second-order valence-electron chi connectivity index (χ2n) is 3.75. The van der Waals surface area contributed by atoms with E-state index in [-0.39, 0.29) is 5.82 Å². The molecule has 0 heterocycles. The topological polar surface area (TPSA) is 35.8 Å². The first-order valence-electron chi connectivity index (χ1n) is 5.09. The van der Waals surface area contributed by atoms with Gasteiger partial charge in [0.2, 0.25) is 0 Å². The lowest BCUT2D eigenvalue weighted by molar-refractivity contribution is 0.624. The van der Waals surface area contributed by atoms with E-state index in [1.54, 1.807) is 23.9 Å². The van der Waals surface area contributed by atoms with Crippen molar-refractivity contribution in [3.05, 3.63) is 29.6 Å². The summed E-state index contributed by atoms with van der Waals surface area (Å²) in [5.74, 6) is 1.17. The van der Waals surface area contributed by atoms with Crippen LogP contribution < -0.4 is 5.32 Å². The Morgan fingerprint density at radius 1 is 1.56 bits per heavy atom. The zero-order valence-electron chi connectivity index (χ0n) is 9.46. The highest BCUT2D eigenvalue weighted by Gasteiger charge is 2.05. The molecule has 2 nitrogen and oxygen atoms in total. The fraction of sp³-hybridized carbons (Fsp3) is 0.417. The van der Waals surface area contributed by atoms with Crippen LogP contribution in [0.3, 0.4) is 0 Å². The Hall–Kier alpha value is -1.21. The van der Waals surface area contributed by atoms with Gasteiger partial charge in [0.05, 0.1) is 17.3 Å². The molecule has 0 saturated heterocycles. The molecule has 86 valence electrons. The van der Waals surface area contributed by atoms with E-state index in [0.717, 1.165) is 12.3 Å². The zero-order chi connectivity index (χ0) is 12.0. The molecule has 1 aromatic carbocycles. The van der Waals surface area contributed by atoms with E-state index < -0.39 is 0 Å². The molecule has 4 heteroatoms. The van der Waals surface area contributed by atoms with Crippen LogP contribution in [0.25, 0.3) is 0 Å². The lowest BCUT2D eigenvalue weighted by Crippen LogP contribution is -2.14. The second kappa shape index (κ2) is 6.39. The van der Waals surface area contributed by atoms with Crippen molar-refractivity contribution in [2.75, 3.05) is 23.9 Å². The van der Waals surface area contributed by atoms with Gasteiger partial charge in [-0.05, 0) is 36.1 Å². The third-order valence-electron chi connectivity index (χ3n) is 2.19. The second-order valence-corrected chi connectivity index (χ2v) is 4.66. The van der Waals surface area contributed by atoms with E-state index in [0.29, 0.717) is 17.2 Å². The van der Waals surface area contributed by atoms with E-state index in [2.05, 4.69) is 18.5 Å². The minimum absolute atomic E-state index is 0.347. The van der Waals surface area contributed by atoms with Crippen LogP contribution in [-0.4, -0.2) is 18.6 Å². The summed E-state index contributed by atoms with van der Waals surface area (Å²) in [6.07, 6.45) is 2.05. The first kappa shape index (κ1) is 12.9. The molecule has 0 amide bonds. The number of benzene rings is 1. The largest absolute Gasteiger partial charge is 0.382 e. The molecule has 0 radical (unpaired) electrons. The molecule has 0 aliphatic rings. The Bertz CT molecular complexity index is 387. The number of nitriles is 1. The van der Waals surface area contributed by atoms with Crippen LogP contribution in [0.5, 0.6) is 0 Å². The first-order valence-corrected chi connectivity index (χ1v) is 6.49. The van der Waals surface area contributed by atoms with Crippen molar-refractivity contribution >= 4 is 17.4 Å². The van der Waals surface area contributed by atoms with Crippen molar-refractivity contribution < 1.29 is 4.39 Å². The molecule has 0 spiro atoms. The normalized spacial score (nSPS) is 11.9. The van der Waals surface area contributed by atoms with Crippen molar-refractivity contribution in [2.24, 2.45) is 5.92 Å². The molecular weight excluding hydrogens is 223 g/mol. The zero-order valence-corrected chi connectivity index (χ0v) is 10.3. The molecule has 1 unspecified atom stereocenters. The van der Waals surface area contributed by atoms with E-state index in [1.165, 1.54) is 6.07 Å². The predicted octanol–water partition coefficient (Wildman–Crippen LogP) is 3.11. The van der Waals surface area contributed by atoms with Crippen LogP contribution in [0, 0.1) is 23.1 Å². The highest BCUT2D eigenvalue weighted by Crippen LogP contribution is 2.16. The van der Waals surface area contributed by atoms with Gasteiger partial charge in [-0.15, -0.1) is 0 Å². The molecule has 1 rings (SSSR count). The molecule has 0 bridgehead atoms. The Morgan fingerprint density at radius 3 is 2.88 bits per heavy atom. The summed E-state index contributed by atoms with van der Waals surface area (Å²) in [4.78, 5) is 0. The molecule has 0 aliphatic heterocycles. The Balaban J connectivity index is 2.58. The number of nitrogens with zero attached hydrogens (tertiary/aromatic N) is 1. The molecule has 0 fully saturated rings. The molecule has 1 atom stereocenters. The van der Waals surface area contributed by atoms with Gasteiger partial charge in [-0.25, -0.2) is 4.39 Å². The van der Waals surface area contributed by atoms with Crippen molar-refractivity contribution in [2.45, 2.75) is 6.92 Å². The molecule has 0 aliphatic carbocycles. The Kier molecular flexibility index (Phi) is 5.13. The van der Waals surface area contributed by atoms with E-state index in [4.69, 9.17) is 5.26 Å². The third kappa shape index (κ3) is 3.74. The Labute approximate surface area is 99.9 Å². The smallest absolute Gasteiger partial charge is 0.147 e. The number of hydrogen-bond acceptors (Lipinski definition) is 3. The summed E-state index contributed by atoms with van der Waals surface area (Å²) in [5.41, 5.74) is 0.812. The maximum atomic E-state index is 13.5. The molecule has 0 aromatic heterocycles. The SMILES string of the molecule is CSCC(C)CNc1ccc(C#N)cc1F. The molecule has 1 N–H and O–H groups in total. The summed E-state index contributed by atoms with van der Waals surface area (Å²) in [6, 6.07) is 6.39. The van der Waals surface area contributed by atoms with Gasteiger partial charge in [0, 0.05) is 6.54 Å². The summed E-state index contributed by atoms with van der Waals surface area (Å²) < 4.78 is 13.5. The van der Waals surface area contributed by atoms with Gasteiger partial charge in [-0.3, -0.25) is 0 Å². The lowest BCUT2D eigenvalue weighted by Gasteiger charge is -2.12. The van der Waals surface area contributed by atoms with Crippen LogP contribution in [-0.2, 0) is 0 Å². The van der Waals surface area contributed by atoms with E-state index in [9.17, 15) is 4.39 Å². The first-order chi connectivity index (χ1) is 7.67. The van der Waals surface area contributed by atoms with Gasteiger partial charge in [0.15, 0.2) is 0 Å². The third-order valence-corrected chi connectivity index (χ3v) is 3.09. The molecule has 16 heavy (non-hydrogen) atoms. The number of halogens is 1. The number of anilines is 1. The standard InChI is InChI=1S/C12H15FN2S/c1-9(8-16-2)7-15-12-4-3-10(6-14)5-11(12)13/h3-5,9,15H,7-8H2,1-2H3. The number of hydrogen-bond donors (Lipinski definition) is 1.